The van der Waals surface area contributed by atoms with Gasteiger partial charge in [0.15, 0.2) is 0 Å². The molecule has 2 unspecified atom stereocenters. The summed E-state index contributed by atoms with van der Waals surface area (Å²) in [6.07, 6.45) is -0.664. The van der Waals surface area contributed by atoms with Crippen molar-refractivity contribution in [1.82, 2.24) is 0 Å². The number of hydrogen-bond acceptors (Lipinski definition) is 2. The maximum atomic E-state index is 12.1. The zero-order valence-corrected chi connectivity index (χ0v) is 14.1. The quantitative estimate of drug-likeness (QED) is 0.648. The Bertz CT molecular complexity index is 553. The molecule has 2 atom stereocenters. The van der Waals surface area contributed by atoms with Crippen molar-refractivity contribution in [2.45, 2.75) is 12.0 Å². The van der Waals surface area contributed by atoms with E-state index in [0.717, 1.165) is 16.8 Å². The Morgan fingerprint density at radius 2 is 1.47 bits per heavy atom. The molecule has 0 aliphatic carbocycles. The first kappa shape index (κ1) is 15.1. The van der Waals surface area contributed by atoms with Crippen LogP contribution in [0.1, 0.15) is 17.0 Å². The minimum atomic E-state index is -0.664. The van der Waals surface area contributed by atoms with E-state index in [1.807, 2.05) is 60.7 Å². The van der Waals surface area contributed by atoms with E-state index in [0.29, 0.717) is 6.54 Å². The molecule has 2 aromatic rings. The van der Waals surface area contributed by atoms with Crippen LogP contribution in [0.3, 0.4) is 0 Å². The summed E-state index contributed by atoms with van der Waals surface area (Å²) in [6, 6.07) is 19.9. The minimum Gasteiger partial charge on any atom is -0.850 e. The third kappa shape index (κ3) is 3.24. The second kappa shape index (κ2) is 6.93. The maximum absolute atomic E-state index is 12.1. The van der Waals surface area contributed by atoms with E-state index >= 15 is 0 Å². The van der Waals surface area contributed by atoms with E-state index in [-0.39, 0.29) is 57.3 Å². The fourth-order valence-electron chi connectivity index (χ4n) is 2.48. The van der Waals surface area contributed by atoms with Gasteiger partial charge in [-0.05, 0) is 11.1 Å². The second-order valence-electron chi connectivity index (χ2n) is 4.52. The summed E-state index contributed by atoms with van der Waals surface area (Å²) in [6.45, 7) is 0.379. The molecule has 0 N–H and O–H groups in total. The summed E-state index contributed by atoms with van der Waals surface area (Å²) in [5.74, 6) is -0.117. The van der Waals surface area contributed by atoms with Gasteiger partial charge in [0.05, 0.1) is 0 Å². The zero-order valence-electron chi connectivity index (χ0n) is 11.0. The van der Waals surface area contributed by atoms with Gasteiger partial charge in [-0.1, -0.05) is 66.8 Å². The molecule has 19 heavy (non-hydrogen) atoms. The molecular formula is C16H14KNO. The van der Waals surface area contributed by atoms with Crippen LogP contribution in [0.25, 0.3) is 0 Å². The average molecular weight is 275 g/mol. The van der Waals surface area contributed by atoms with Crippen molar-refractivity contribution in [3.63, 3.8) is 0 Å². The summed E-state index contributed by atoms with van der Waals surface area (Å²) >= 11 is 0. The summed E-state index contributed by atoms with van der Waals surface area (Å²) < 4.78 is 0. The molecule has 90 valence electrons. The van der Waals surface area contributed by atoms with Gasteiger partial charge in [-0.3, -0.25) is 4.99 Å². The number of hydrogen-bond donors (Lipinski definition) is 0. The molecule has 2 aromatic carbocycles. The van der Waals surface area contributed by atoms with E-state index < -0.39 is 6.10 Å². The monoisotopic (exact) mass is 275 g/mol. The van der Waals surface area contributed by atoms with Gasteiger partial charge in [-0.2, -0.15) is 0 Å². The van der Waals surface area contributed by atoms with Crippen molar-refractivity contribution in [3.05, 3.63) is 71.8 Å². The normalized spacial score (nSPS) is 21.6. The largest absolute Gasteiger partial charge is 1.00 e. The Morgan fingerprint density at radius 1 is 0.895 bits per heavy atom. The number of benzene rings is 2. The first-order valence-corrected chi connectivity index (χ1v) is 6.17. The molecule has 0 bridgehead atoms. The maximum Gasteiger partial charge on any atom is 1.00 e. The smallest absolute Gasteiger partial charge is 0.850 e. The van der Waals surface area contributed by atoms with Crippen molar-refractivity contribution < 1.29 is 56.5 Å². The van der Waals surface area contributed by atoms with E-state index in [2.05, 4.69) is 4.99 Å². The van der Waals surface area contributed by atoms with Crippen molar-refractivity contribution in [1.29, 1.82) is 0 Å². The van der Waals surface area contributed by atoms with Crippen molar-refractivity contribution in [3.8, 4) is 0 Å². The van der Waals surface area contributed by atoms with Crippen LogP contribution in [-0.4, -0.2) is 18.4 Å². The Morgan fingerprint density at radius 3 is 2.11 bits per heavy atom. The SMILES string of the molecule is [K+].[O-]C1CN=C(c2ccccc2)C1c1ccccc1. The predicted molar refractivity (Wildman–Crippen MR) is 70.8 cm³/mol. The van der Waals surface area contributed by atoms with Gasteiger partial charge in [-0.15, -0.1) is 0 Å². The molecule has 1 aliphatic heterocycles. The van der Waals surface area contributed by atoms with Gasteiger partial charge >= 0.3 is 51.4 Å². The molecule has 1 aliphatic rings. The molecule has 0 fully saturated rings. The van der Waals surface area contributed by atoms with Crippen molar-refractivity contribution in [2.75, 3.05) is 6.54 Å². The van der Waals surface area contributed by atoms with Crippen molar-refractivity contribution in [2.24, 2.45) is 4.99 Å². The van der Waals surface area contributed by atoms with E-state index in [1.165, 1.54) is 0 Å². The van der Waals surface area contributed by atoms with Gasteiger partial charge in [-0.25, -0.2) is 0 Å². The molecule has 0 spiro atoms. The molecule has 1 heterocycles. The Kier molecular flexibility index (Phi) is 5.51. The third-order valence-electron chi connectivity index (χ3n) is 3.34. The van der Waals surface area contributed by atoms with Gasteiger partial charge in [0.25, 0.3) is 0 Å². The molecule has 2 nitrogen and oxygen atoms in total. The van der Waals surface area contributed by atoms with Crippen LogP contribution in [-0.2, 0) is 0 Å². The fourth-order valence-corrected chi connectivity index (χ4v) is 2.48. The Balaban J connectivity index is 0.00000133. The number of aliphatic imine (C=N–C) groups is 1. The van der Waals surface area contributed by atoms with E-state index in [4.69, 9.17) is 0 Å². The van der Waals surface area contributed by atoms with Crippen LogP contribution in [0.15, 0.2) is 65.7 Å². The van der Waals surface area contributed by atoms with E-state index in [9.17, 15) is 5.11 Å². The fraction of sp³-hybridized carbons (Fsp3) is 0.188. The molecule has 3 rings (SSSR count). The van der Waals surface area contributed by atoms with Crippen LogP contribution < -0.4 is 56.5 Å². The average Bonchev–Trinajstić information content (AvgIpc) is 2.83. The standard InChI is InChI=1S/C16H14NO.K/c18-14-11-17-16(13-9-5-2-6-10-13)15(14)12-7-3-1-4-8-12;/h1-10,14-15H,11H2;/q-1;+1. The van der Waals surface area contributed by atoms with Gasteiger partial charge in [0.1, 0.15) is 0 Å². The molecule has 0 radical (unpaired) electrons. The minimum absolute atomic E-state index is 0. The number of nitrogens with zero attached hydrogens (tertiary/aromatic N) is 1. The first-order chi connectivity index (χ1) is 8.86. The molecule has 0 saturated heterocycles. The molecular weight excluding hydrogens is 261 g/mol. The zero-order chi connectivity index (χ0) is 12.4. The molecule has 3 heteroatoms. The topological polar surface area (TPSA) is 35.4 Å². The van der Waals surface area contributed by atoms with Crippen LogP contribution >= 0.6 is 0 Å². The summed E-state index contributed by atoms with van der Waals surface area (Å²) in [5, 5.41) is 12.1. The van der Waals surface area contributed by atoms with E-state index in [1.54, 1.807) is 0 Å². The van der Waals surface area contributed by atoms with Gasteiger partial charge < -0.3 is 5.11 Å². The first-order valence-electron chi connectivity index (χ1n) is 6.17. The summed E-state index contributed by atoms with van der Waals surface area (Å²) in [5.41, 5.74) is 3.06. The Labute approximate surface area is 156 Å². The Hall–Kier alpha value is -0.294. The second-order valence-corrected chi connectivity index (χ2v) is 4.52. The van der Waals surface area contributed by atoms with Gasteiger partial charge in [0, 0.05) is 18.2 Å². The third-order valence-corrected chi connectivity index (χ3v) is 3.34. The molecule has 0 amide bonds. The van der Waals surface area contributed by atoms with Crippen LogP contribution in [0.5, 0.6) is 0 Å². The molecule has 0 saturated carbocycles. The van der Waals surface area contributed by atoms with Crippen LogP contribution in [0, 0.1) is 0 Å². The number of rotatable bonds is 2. The van der Waals surface area contributed by atoms with Crippen LogP contribution in [0.2, 0.25) is 0 Å². The predicted octanol–water partition coefficient (Wildman–Crippen LogP) is -0.994. The summed E-state index contributed by atoms with van der Waals surface area (Å²) in [4.78, 5) is 4.45. The van der Waals surface area contributed by atoms with Crippen LogP contribution in [0.4, 0.5) is 0 Å². The van der Waals surface area contributed by atoms with Gasteiger partial charge in [0.2, 0.25) is 0 Å². The molecule has 0 aromatic heterocycles. The summed E-state index contributed by atoms with van der Waals surface area (Å²) in [7, 11) is 0. The van der Waals surface area contributed by atoms with Crippen molar-refractivity contribution >= 4 is 5.71 Å².